The summed E-state index contributed by atoms with van der Waals surface area (Å²) in [4.78, 5) is 24.5. The molecule has 0 aliphatic carbocycles. The molecule has 0 spiro atoms. The van der Waals surface area contributed by atoms with E-state index in [0.717, 1.165) is 12.8 Å². The van der Waals surface area contributed by atoms with Crippen LogP contribution in [-0.2, 0) is 14.4 Å². The Morgan fingerprint density at radius 2 is 1.63 bits per heavy atom. The van der Waals surface area contributed by atoms with Crippen LogP contribution in [0.4, 0.5) is 0 Å². The molecule has 27 heavy (non-hydrogen) atoms. The minimum absolute atomic E-state index is 0.106. The van der Waals surface area contributed by atoms with Gasteiger partial charge >= 0.3 is 10.1 Å². The molecule has 2 aromatic rings. The molecule has 7 nitrogen and oxygen atoms in total. The molecule has 0 saturated carbocycles. The highest BCUT2D eigenvalue weighted by atomic mass is 32.2. The SMILES string of the molecule is CCCCOc1ccc(S(=O)(=O)ON2C(=O)c3ccccc3C2=O)c(C)c1. The molecule has 8 heteroatoms. The predicted octanol–water partition coefficient (Wildman–Crippen LogP) is 3.09. The molecule has 2 amide bonds. The summed E-state index contributed by atoms with van der Waals surface area (Å²) in [7, 11) is -4.37. The quantitative estimate of drug-likeness (QED) is 0.534. The number of ether oxygens (including phenoxy) is 1. The lowest BCUT2D eigenvalue weighted by Crippen LogP contribution is -2.32. The van der Waals surface area contributed by atoms with E-state index in [1.807, 2.05) is 6.92 Å². The smallest absolute Gasteiger partial charge is 0.318 e. The normalized spacial score (nSPS) is 13.8. The number of hydrogen-bond acceptors (Lipinski definition) is 6. The van der Waals surface area contributed by atoms with E-state index < -0.39 is 21.9 Å². The van der Waals surface area contributed by atoms with Crippen molar-refractivity contribution in [2.45, 2.75) is 31.6 Å². The van der Waals surface area contributed by atoms with Crippen LogP contribution in [0.25, 0.3) is 0 Å². The number of aryl methyl sites for hydroxylation is 1. The van der Waals surface area contributed by atoms with Gasteiger partial charge in [-0.1, -0.05) is 25.5 Å². The average Bonchev–Trinajstić information content (AvgIpc) is 2.87. The number of unbranched alkanes of at least 4 members (excludes halogenated alkanes) is 1. The number of carbonyl (C=O) groups excluding carboxylic acids is 2. The van der Waals surface area contributed by atoms with Crippen LogP contribution in [0.5, 0.6) is 5.75 Å². The molecule has 0 radical (unpaired) electrons. The Labute approximate surface area is 157 Å². The fraction of sp³-hybridized carbons (Fsp3) is 0.263. The molecule has 2 aromatic carbocycles. The van der Waals surface area contributed by atoms with Crippen molar-refractivity contribution in [2.24, 2.45) is 0 Å². The van der Waals surface area contributed by atoms with Gasteiger partial charge in [-0.25, -0.2) is 0 Å². The molecular formula is C19H19NO6S. The first kappa shape index (κ1) is 19.1. The number of hydrogen-bond donors (Lipinski definition) is 0. The molecular weight excluding hydrogens is 370 g/mol. The van der Waals surface area contributed by atoms with Gasteiger partial charge in [0.1, 0.15) is 5.75 Å². The Morgan fingerprint density at radius 1 is 1.00 bits per heavy atom. The molecule has 0 bridgehead atoms. The molecule has 3 rings (SSSR count). The number of amides is 2. The summed E-state index contributed by atoms with van der Waals surface area (Å²) in [5, 5.41) is 0.283. The molecule has 0 N–H and O–H groups in total. The lowest BCUT2D eigenvalue weighted by atomic mass is 10.1. The number of imide groups is 1. The van der Waals surface area contributed by atoms with Crippen LogP contribution in [-0.4, -0.2) is 31.9 Å². The van der Waals surface area contributed by atoms with Gasteiger partial charge in [-0.3, -0.25) is 9.59 Å². The van der Waals surface area contributed by atoms with E-state index in [9.17, 15) is 18.0 Å². The van der Waals surface area contributed by atoms with E-state index >= 15 is 0 Å². The van der Waals surface area contributed by atoms with Crippen molar-refractivity contribution in [1.29, 1.82) is 0 Å². The van der Waals surface area contributed by atoms with Crippen molar-refractivity contribution in [3.63, 3.8) is 0 Å². The summed E-state index contributed by atoms with van der Waals surface area (Å²) in [5.41, 5.74) is 0.601. The molecule has 1 heterocycles. The minimum Gasteiger partial charge on any atom is -0.494 e. The number of nitrogens with zero attached hydrogens (tertiary/aromatic N) is 1. The summed E-state index contributed by atoms with van der Waals surface area (Å²) < 4.78 is 35.7. The first-order chi connectivity index (χ1) is 12.8. The van der Waals surface area contributed by atoms with Gasteiger partial charge in [-0.05, 0) is 49.2 Å². The Hall–Kier alpha value is -2.71. The molecule has 0 aromatic heterocycles. The summed E-state index contributed by atoms with van der Waals surface area (Å²) in [5.74, 6) is -1.08. The van der Waals surface area contributed by atoms with E-state index in [-0.39, 0.29) is 21.1 Å². The van der Waals surface area contributed by atoms with Crippen LogP contribution in [0.3, 0.4) is 0 Å². The predicted molar refractivity (Wildman–Crippen MR) is 96.8 cm³/mol. The third-order valence-corrected chi connectivity index (χ3v) is 5.45. The van der Waals surface area contributed by atoms with Crippen molar-refractivity contribution in [3.8, 4) is 5.75 Å². The highest BCUT2D eigenvalue weighted by Crippen LogP contribution is 2.28. The standard InChI is InChI=1S/C19H19NO6S/c1-3-4-11-25-14-9-10-17(13(2)12-14)27(23,24)26-20-18(21)15-7-5-6-8-16(15)19(20)22/h5-10,12H,3-4,11H2,1-2H3. The molecule has 0 fully saturated rings. The van der Waals surface area contributed by atoms with Crippen LogP contribution >= 0.6 is 0 Å². The second-order valence-electron chi connectivity index (χ2n) is 6.11. The lowest BCUT2D eigenvalue weighted by Gasteiger charge is -2.15. The Bertz CT molecular complexity index is 964. The second-order valence-corrected chi connectivity index (χ2v) is 7.61. The Kier molecular flexibility index (Phi) is 5.29. The summed E-state index contributed by atoms with van der Waals surface area (Å²) in [6.07, 6.45) is 1.88. The zero-order chi connectivity index (χ0) is 19.6. The van der Waals surface area contributed by atoms with Crippen molar-refractivity contribution in [3.05, 3.63) is 59.2 Å². The van der Waals surface area contributed by atoms with Crippen LogP contribution in [0.1, 0.15) is 46.0 Å². The highest BCUT2D eigenvalue weighted by Gasteiger charge is 2.40. The van der Waals surface area contributed by atoms with E-state index in [0.29, 0.717) is 17.9 Å². The van der Waals surface area contributed by atoms with E-state index in [1.165, 1.54) is 24.3 Å². The summed E-state index contributed by atoms with van der Waals surface area (Å²) in [6.45, 7) is 4.17. The number of benzene rings is 2. The lowest BCUT2D eigenvalue weighted by molar-refractivity contribution is -0.0104. The Balaban J connectivity index is 1.82. The monoisotopic (exact) mass is 389 g/mol. The van der Waals surface area contributed by atoms with E-state index in [4.69, 9.17) is 9.02 Å². The zero-order valence-corrected chi connectivity index (χ0v) is 15.8. The van der Waals surface area contributed by atoms with Gasteiger partial charge in [0, 0.05) is 0 Å². The van der Waals surface area contributed by atoms with Crippen LogP contribution < -0.4 is 4.74 Å². The first-order valence-corrected chi connectivity index (χ1v) is 9.92. The van der Waals surface area contributed by atoms with Crippen LogP contribution in [0.2, 0.25) is 0 Å². The maximum atomic E-state index is 12.6. The van der Waals surface area contributed by atoms with Gasteiger partial charge in [-0.15, -0.1) is 9.35 Å². The number of fused-ring (bicyclic) bond motifs is 1. The van der Waals surface area contributed by atoms with Crippen molar-refractivity contribution in [1.82, 2.24) is 5.06 Å². The first-order valence-electron chi connectivity index (χ1n) is 8.51. The van der Waals surface area contributed by atoms with E-state index in [2.05, 4.69) is 0 Å². The minimum atomic E-state index is -4.37. The fourth-order valence-electron chi connectivity index (χ4n) is 2.70. The van der Waals surface area contributed by atoms with Gasteiger partial charge in [0.15, 0.2) is 0 Å². The third-order valence-electron chi connectivity index (χ3n) is 4.11. The molecule has 0 atom stereocenters. The molecule has 0 saturated heterocycles. The number of rotatable bonds is 7. The zero-order valence-electron chi connectivity index (χ0n) is 15.0. The largest absolute Gasteiger partial charge is 0.494 e. The molecule has 0 unspecified atom stereocenters. The molecule has 1 aliphatic rings. The molecule has 1 aliphatic heterocycles. The van der Waals surface area contributed by atoms with Gasteiger partial charge in [0.05, 0.1) is 22.6 Å². The van der Waals surface area contributed by atoms with Crippen LogP contribution in [0, 0.1) is 6.92 Å². The van der Waals surface area contributed by atoms with Crippen molar-refractivity contribution >= 4 is 21.9 Å². The highest BCUT2D eigenvalue weighted by molar-refractivity contribution is 7.86. The van der Waals surface area contributed by atoms with Gasteiger partial charge < -0.3 is 4.74 Å². The number of carbonyl (C=O) groups is 2. The third kappa shape index (κ3) is 3.72. The molecule has 142 valence electrons. The van der Waals surface area contributed by atoms with Crippen LogP contribution in [0.15, 0.2) is 47.4 Å². The second kappa shape index (κ2) is 7.50. The van der Waals surface area contributed by atoms with E-state index in [1.54, 1.807) is 25.1 Å². The van der Waals surface area contributed by atoms with Gasteiger partial charge in [0.25, 0.3) is 11.8 Å². The number of hydroxylamine groups is 2. The van der Waals surface area contributed by atoms with Gasteiger partial charge in [0.2, 0.25) is 0 Å². The van der Waals surface area contributed by atoms with Crippen molar-refractivity contribution < 1.29 is 27.0 Å². The Morgan fingerprint density at radius 3 is 2.19 bits per heavy atom. The van der Waals surface area contributed by atoms with Crippen molar-refractivity contribution in [2.75, 3.05) is 6.61 Å². The maximum Gasteiger partial charge on any atom is 0.318 e. The summed E-state index contributed by atoms with van der Waals surface area (Å²) in [6, 6.07) is 10.5. The van der Waals surface area contributed by atoms with Gasteiger partial charge in [-0.2, -0.15) is 8.42 Å². The summed E-state index contributed by atoms with van der Waals surface area (Å²) >= 11 is 0. The topological polar surface area (TPSA) is 90.0 Å². The fourth-order valence-corrected chi connectivity index (χ4v) is 3.80. The maximum absolute atomic E-state index is 12.6. The average molecular weight is 389 g/mol.